The van der Waals surface area contributed by atoms with Crippen molar-refractivity contribution in [3.05, 3.63) is 0 Å². The monoisotopic (exact) mass is 296 g/mol. The van der Waals surface area contributed by atoms with Crippen molar-refractivity contribution in [3.63, 3.8) is 0 Å². The van der Waals surface area contributed by atoms with Crippen molar-refractivity contribution < 1.29 is 9.59 Å². The van der Waals surface area contributed by atoms with E-state index in [4.69, 9.17) is 5.84 Å². The summed E-state index contributed by atoms with van der Waals surface area (Å²) < 4.78 is 0. The molecule has 21 heavy (non-hydrogen) atoms. The van der Waals surface area contributed by atoms with Gasteiger partial charge < -0.3 is 4.90 Å². The minimum Gasteiger partial charge on any atom is -0.342 e. The fourth-order valence-corrected chi connectivity index (χ4v) is 3.61. The van der Waals surface area contributed by atoms with Crippen LogP contribution in [0.5, 0.6) is 0 Å². The number of nitrogens with zero attached hydrogens (tertiary/aromatic N) is 2. The van der Waals surface area contributed by atoms with E-state index in [0.29, 0.717) is 44.6 Å². The lowest BCUT2D eigenvalue weighted by atomic mass is 9.96. The van der Waals surface area contributed by atoms with Crippen molar-refractivity contribution in [1.82, 2.24) is 15.2 Å². The molecule has 0 bridgehead atoms. The van der Waals surface area contributed by atoms with Gasteiger partial charge in [-0.15, -0.1) is 0 Å². The number of hydrazine groups is 1. The molecular formula is C15H28N4O2. The van der Waals surface area contributed by atoms with Crippen LogP contribution in [0.25, 0.3) is 0 Å². The maximum atomic E-state index is 12.5. The van der Waals surface area contributed by atoms with Crippen molar-refractivity contribution in [3.8, 4) is 0 Å². The highest BCUT2D eigenvalue weighted by molar-refractivity contribution is 5.80. The molecule has 2 rings (SSSR count). The molecule has 2 unspecified atom stereocenters. The van der Waals surface area contributed by atoms with Crippen LogP contribution in [-0.2, 0) is 9.59 Å². The van der Waals surface area contributed by atoms with E-state index in [0.717, 1.165) is 6.42 Å². The largest absolute Gasteiger partial charge is 0.342 e. The number of hydrogen-bond donors (Lipinski definition) is 2. The van der Waals surface area contributed by atoms with Gasteiger partial charge in [-0.3, -0.25) is 19.9 Å². The van der Waals surface area contributed by atoms with E-state index in [2.05, 4.69) is 24.2 Å². The summed E-state index contributed by atoms with van der Waals surface area (Å²) in [5.74, 6) is 5.21. The number of carbonyl (C=O) groups excluding carboxylic acids is 2. The maximum absolute atomic E-state index is 12.5. The highest BCUT2D eigenvalue weighted by Crippen LogP contribution is 2.26. The van der Waals surface area contributed by atoms with Gasteiger partial charge in [0.2, 0.25) is 11.8 Å². The van der Waals surface area contributed by atoms with E-state index in [1.165, 1.54) is 12.8 Å². The van der Waals surface area contributed by atoms with Gasteiger partial charge in [0.15, 0.2) is 0 Å². The van der Waals surface area contributed by atoms with Crippen LogP contribution in [0.4, 0.5) is 0 Å². The van der Waals surface area contributed by atoms with Crippen LogP contribution < -0.4 is 11.3 Å². The fourth-order valence-electron chi connectivity index (χ4n) is 3.61. The number of amides is 2. The van der Waals surface area contributed by atoms with Crippen LogP contribution in [0.15, 0.2) is 0 Å². The van der Waals surface area contributed by atoms with Gasteiger partial charge in [0.1, 0.15) is 0 Å². The first-order valence-electron chi connectivity index (χ1n) is 8.10. The second-order valence-corrected chi connectivity index (χ2v) is 6.32. The second kappa shape index (κ2) is 7.22. The van der Waals surface area contributed by atoms with Gasteiger partial charge in [-0.1, -0.05) is 6.92 Å². The van der Waals surface area contributed by atoms with Gasteiger partial charge in [-0.25, -0.2) is 5.84 Å². The highest BCUT2D eigenvalue weighted by atomic mass is 16.2. The Morgan fingerprint density at radius 3 is 2.43 bits per heavy atom. The molecule has 0 spiro atoms. The Labute approximate surface area is 127 Å². The lowest BCUT2D eigenvalue weighted by molar-refractivity contribution is -0.137. The maximum Gasteiger partial charge on any atom is 0.237 e. The SMILES string of the molecule is CCC1CCC(C)N1CC(=O)N1CCC(C(=O)NN)CC1. The first-order valence-corrected chi connectivity index (χ1v) is 8.10. The Balaban J connectivity index is 1.83. The summed E-state index contributed by atoms with van der Waals surface area (Å²) in [5.41, 5.74) is 2.21. The summed E-state index contributed by atoms with van der Waals surface area (Å²) in [6.07, 6.45) is 4.91. The van der Waals surface area contributed by atoms with E-state index in [9.17, 15) is 9.59 Å². The lowest BCUT2D eigenvalue weighted by Gasteiger charge is -2.34. The number of hydrogen-bond acceptors (Lipinski definition) is 4. The third-order valence-corrected chi connectivity index (χ3v) is 5.10. The third kappa shape index (κ3) is 3.74. The third-order valence-electron chi connectivity index (χ3n) is 5.10. The molecule has 2 aliphatic heterocycles. The molecule has 3 N–H and O–H groups in total. The topological polar surface area (TPSA) is 78.7 Å². The van der Waals surface area contributed by atoms with Crippen molar-refractivity contribution >= 4 is 11.8 Å². The summed E-state index contributed by atoms with van der Waals surface area (Å²) in [6.45, 7) is 6.25. The molecule has 120 valence electrons. The summed E-state index contributed by atoms with van der Waals surface area (Å²) >= 11 is 0. The zero-order valence-corrected chi connectivity index (χ0v) is 13.2. The number of likely N-dealkylation sites (tertiary alicyclic amines) is 2. The van der Waals surface area contributed by atoms with E-state index >= 15 is 0 Å². The Morgan fingerprint density at radius 1 is 1.19 bits per heavy atom. The van der Waals surface area contributed by atoms with Crippen LogP contribution in [-0.4, -0.2) is 53.3 Å². The normalized spacial score (nSPS) is 27.9. The van der Waals surface area contributed by atoms with E-state index in [1.807, 2.05) is 4.90 Å². The predicted octanol–water partition coefficient (Wildman–Crippen LogP) is 0.478. The number of rotatable bonds is 4. The van der Waals surface area contributed by atoms with Crippen LogP contribution in [0.1, 0.15) is 46.0 Å². The Hall–Kier alpha value is -1.14. The molecule has 0 aromatic carbocycles. The molecule has 0 saturated carbocycles. The zero-order chi connectivity index (χ0) is 15.4. The fraction of sp³-hybridized carbons (Fsp3) is 0.867. The number of nitrogens with two attached hydrogens (primary N) is 1. The molecule has 6 nitrogen and oxygen atoms in total. The van der Waals surface area contributed by atoms with Crippen LogP contribution in [0.2, 0.25) is 0 Å². The smallest absolute Gasteiger partial charge is 0.237 e. The molecule has 0 aromatic heterocycles. The van der Waals surface area contributed by atoms with E-state index in [1.54, 1.807) is 0 Å². The molecular weight excluding hydrogens is 268 g/mol. The molecule has 2 atom stereocenters. The van der Waals surface area contributed by atoms with Crippen LogP contribution >= 0.6 is 0 Å². The molecule has 6 heteroatoms. The average Bonchev–Trinajstić information content (AvgIpc) is 2.87. The molecule has 2 heterocycles. The summed E-state index contributed by atoms with van der Waals surface area (Å²) in [4.78, 5) is 28.2. The average molecular weight is 296 g/mol. The predicted molar refractivity (Wildman–Crippen MR) is 81.1 cm³/mol. The van der Waals surface area contributed by atoms with Crippen molar-refractivity contribution in [2.45, 2.75) is 58.0 Å². The van der Waals surface area contributed by atoms with Gasteiger partial charge in [0.25, 0.3) is 0 Å². The number of nitrogens with one attached hydrogen (secondary N) is 1. The van der Waals surface area contributed by atoms with E-state index in [-0.39, 0.29) is 17.7 Å². The Bertz CT molecular complexity index is 380. The molecule has 0 radical (unpaired) electrons. The lowest BCUT2D eigenvalue weighted by Crippen LogP contribution is -2.48. The molecule has 2 saturated heterocycles. The van der Waals surface area contributed by atoms with E-state index < -0.39 is 0 Å². The molecule has 0 aliphatic carbocycles. The first-order chi connectivity index (χ1) is 10.1. The Morgan fingerprint density at radius 2 is 1.86 bits per heavy atom. The molecule has 2 aliphatic rings. The summed E-state index contributed by atoms with van der Waals surface area (Å²) in [5, 5.41) is 0. The second-order valence-electron chi connectivity index (χ2n) is 6.32. The minimum absolute atomic E-state index is 0.0480. The van der Waals surface area contributed by atoms with Crippen LogP contribution in [0.3, 0.4) is 0 Å². The standard InChI is InChI=1S/C15H28N4O2/c1-3-13-5-4-11(2)19(13)10-14(20)18-8-6-12(7-9-18)15(21)17-16/h11-13H,3-10,16H2,1-2H3,(H,17,21). The Kier molecular flexibility index (Phi) is 5.58. The molecule has 2 amide bonds. The van der Waals surface area contributed by atoms with Gasteiger partial charge >= 0.3 is 0 Å². The summed E-state index contributed by atoms with van der Waals surface area (Å²) in [6, 6.07) is 1.05. The number of piperidine rings is 1. The highest BCUT2D eigenvalue weighted by Gasteiger charge is 2.33. The van der Waals surface area contributed by atoms with Crippen LogP contribution in [0, 0.1) is 5.92 Å². The number of carbonyl (C=O) groups is 2. The summed E-state index contributed by atoms with van der Waals surface area (Å²) in [7, 11) is 0. The molecule has 0 aromatic rings. The van der Waals surface area contributed by atoms with Crippen molar-refractivity contribution in [2.75, 3.05) is 19.6 Å². The van der Waals surface area contributed by atoms with Gasteiger partial charge in [0, 0.05) is 31.1 Å². The first kappa shape index (κ1) is 16.2. The van der Waals surface area contributed by atoms with Gasteiger partial charge in [0.05, 0.1) is 6.54 Å². The quantitative estimate of drug-likeness (QED) is 0.449. The molecule has 2 fully saturated rings. The minimum atomic E-state index is -0.110. The van der Waals surface area contributed by atoms with Gasteiger partial charge in [-0.2, -0.15) is 0 Å². The van der Waals surface area contributed by atoms with Gasteiger partial charge in [-0.05, 0) is 39.0 Å². The van der Waals surface area contributed by atoms with Crippen molar-refractivity contribution in [1.29, 1.82) is 0 Å². The zero-order valence-electron chi connectivity index (χ0n) is 13.2. The van der Waals surface area contributed by atoms with Crippen molar-refractivity contribution in [2.24, 2.45) is 11.8 Å².